The first kappa shape index (κ1) is 12.0. The van der Waals surface area contributed by atoms with Crippen LogP contribution in [0.15, 0.2) is 24.3 Å². The number of likely N-dealkylation sites (N-methyl/N-ethyl adjacent to an activating group) is 2. The summed E-state index contributed by atoms with van der Waals surface area (Å²) in [5, 5.41) is 12.6. The topological polar surface area (TPSA) is 35.5 Å². The summed E-state index contributed by atoms with van der Waals surface area (Å²) in [6.07, 6.45) is 0.934. The van der Waals surface area contributed by atoms with Gasteiger partial charge in [-0.1, -0.05) is 12.1 Å². The van der Waals surface area contributed by atoms with Crippen LogP contribution in [0.2, 0.25) is 0 Å². The zero-order valence-corrected chi connectivity index (χ0v) is 9.70. The molecule has 84 valence electrons. The molecule has 0 aliphatic heterocycles. The summed E-state index contributed by atoms with van der Waals surface area (Å²) in [4.78, 5) is 2.16. The molecule has 2 N–H and O–H groups in total. The number of phenols is 1. The van der Waals surface area contributed by atoms with Crippen LogP contribution in [-0.2, 0) is 6.42 Å². The second-order valence-corrected chi connectivity index (χ2v) is 4.12. The minimum absolute atomic E-state index is 0.340. The van der Waals surface area contributed by atoms with Crippen molar-refractivity contribution in [2.24, 2.45) is 0 Å². The predicted octanol–water partition coefficient (Wildman–Crippen LogP) is 1.08. The fourth-order valence-corrected chi connectivity index (χ4v) is 1.67. The highest BCUT2D eigenvalue weighted by atomic mass is 16.3. The third-order valence-electron chi connectivity index (χ3n) is 2.39. The van der Waals surface area contributed by atoms with Gasteiger partial charge in [0.05, 0.1) is 0 Å². The van der Waals surface area contributed by atoms with Crippen molar-refractivity contribution < 1.29 is 5.11 Å². The molecule has 1 atom stereocenters. The van der Waals surface area contributed by atoms with E-state index >= 15 is 0 Å². The molecule has 3 nitrogen and oxygen atoms in total. The molecular formula is C12H20N2O. The van der Waals surface area contributed by atoms with Gasteiger partial charge in [-0.25, -0.2) is 0 Å². The smallest absolute Gasteiger partial charge is 0.115 e. The van der Waals surface area contributed by atoms with Crippen LogP contribution in [0.5, 0.6) is 5.75 Å². The second-order valence-electron chi connectivity index (χ2n) is 4.12. The number of hydrogen-bond acceptors (Lipinski definition) is 3. The molecule has 1 aromatic rings. The summed E-state index contributed by atoms with van der Waals surface area (Å²) in [6.45, 7) is 0.992. The van der Waals surface area contributed by atoms with Crippen LogP contribution < -0.4 is 5.32 Å². The number of phenolic OH excluding ortho intramolecular Hbond substituents is 1. The van der Waals surface area contributed by atoms with Crippen molar-refractivity contribution in [3.05, 3.63) is 29.8 Å². The first-order chi connectivity index (χ1) is 7.11. The van der Waals surface area contributed by atoms with E-state index in [4.69, 9.17) is 0 Å². The van der Waals surface area contributed by atoms with E-state index in [2.05, 4.69) is 24.3 Å². The first-order valence-corrected chi connectivity index (χ1v) is 5.21. The van der Waals surface area contributed by atoms with E-state index in [-0.39, 0.29) is 0 Å². The van der Waals surface area contributed by atoms with Gasteiger partial charge < -0.3 is 15.3 Å². The summed E-state index contributed by atoms with van der Waals surface area (Å²) < 4.78 is 0. The molecule has 0 fully saturated rings. The lowest BCUT2D eigenvalue weighted by Crippen LogP contribution is -2.37. The van der Waals surface area contributed by atoms with Crippen LogP contribution in [0.3, 0.4) is 0 Å². The lowest BCUT2D eigenvalue weighted by atomic mass is 10.1. The van der Waals surface area contributed by atoms with Crippen LogP contribution >= 0.6 is 0 Å². The lowest BCUT2D eigenvalue weighted by Gasteiger charge is -2.20. The molecule has 0 heterocycles. The molecule has 0 saturated heterocycles. The summed E-state index contributed by atoms with van der Waals surface area (Å²) >= 11 is 0. The van der Waals surface area contributed by atoms with Crippen molar-refractivity contribution in [3.8, 4) is 5.75 Å². The zero-order valence-electron chi connectivity index (χ0n) is 9.70. The molecular weight excluding hydrogens is 188 g/mol. The molecule has 1 rings (SSSR count). The molecule has 1 aromatic carbocycles. The summed E-state index contributed by atoms with van der Waals surface area (Å²) in [5.41, 5.74) is 1.16. The fraction of sp³-hybridized carbons (Fsp3) is 0.500. The van der Waals surface area contributed by atoms with Gasteiger partial charge in [-0.3, -0.25) is 0 Å². The maximum atomic E-state index is 9.35. The number of benzene rings is 1. The SMILES string of the molecule is CNC(Cc1cccc(O)c1)CN(C)C. The molecule has 0 bridgehead atoms. The highest BCUT2D eigenvalue weighted by molar-refractivity contribution is 5.27. The Morgan fingerprint density at radius 2 is 2.13 bits per heavy atom. The minimum Gasteiger partial charge on any atom is -0.508 e. The van der Waals surface area contributed by atoms with E-state index in [0.717, 1.165) is 18.5 Å². The van der Waals surface area contributed by atoms with Crippen LogP contribution in [0, 0.1) is 0 Å². The quantitative estimate of drug-likeness (QED) is 0.760. The Kier molecular flexibility index (Phi) is 4.59. The van der Waals surface area contributed by atoms with Crippen molar-refractivity contribution in [3.63, 3.8) is 0 Å². The molecule has 0 aliphatic rings. The number of nitrogens with one attached hydrogen (secondary N) is 1. The summed E-state index contributed by atoms with van der Waals surface area (Å²) in [7, 11) is 6.09. The fourth-order valence-electron chi connectivity index (χ4n) is 1.67. The van der Waals surface area contributed by atoms with E-state index in [0.29, 0.717) is 11.8 Å². The van der Waals surface area contributed by atoms with Gasteiger partial charge in [-0.15, -0.1) is 0 Å². The van der Waals surface area contributed by atoms with Gasteiger partial charge in [0, 0.05) is 12.6 Å². The largest absolute Gasteiger partial charge is 0.508 e. The van der Waals surface area contributed by atoms with Crippen LogP contribution in [-0.4, -0.2) is 43.7 Å². The van der Waals surface area contributed by atoms with E-state index in [9.17, 15) is 5.11 Å². The third kappa shape index (κ3) is 4.32. The Morgan fingerprint density at radius 1 is 1.40 bits per heavy atom. The summed E-state index contributed by atoms with van der Waals surface area (Å²) in [6, 6.07) is 7.86. The standard InChI is InChI=1S/C12H20N2O/c1-13-11(9-14(2)3)7-10-5-4-6-12(15)8-10/h4-6,8,11,13,15H,7,9H2,1-3H3. The molecule has 0 aliphatic carbocycles. The Morgan fingerprint density at radius 3 is 2.67 bits per heavy atom. The van der Waals surface area contributed by atoms with Gasteiger partial charge in [0.15, 0.2) is 0 Å². The normalized spacial score (nSPS) is 13.1. The van der Waals surface area contributed by atoms with Gasteiger partial charge in [-0.05, 0) is 45.3 Å². The molecule has 3 heteroatoms. The van der Waals surface area contributed by atoms with E-state index in [1.54, 1.807) is 6.07 Å². The van der Waals surface area contributed by atoms with Crippen molar-refractivity contribution in [2.75, 3.05) is 27.7 Å². The van der Waals surface area contributed by atoms with E-state index < -0.39 is 0 Å². The Bertz CT molecular complexity index is 299. The van der Waals surface area contributed by atoms with E-state index in [1.807, 2.05) is 25.2 Å². The number of hydrogen-bond donors (Lipinski definition) is 2. The Hall–Kier alpha value is -1.06. The third-order valence-corrected chi connectivity index (χ3v) is 2.39. The maximum Gasteiger partial charge on any atom is 0.115 e. The van der Waals surface area contributed by atoms with Crippen molar-refractivity contribution in [2.45, 2.75) is 12.5 Å². The molecule has 0 amide bonds. The maximum absolute atomic E-state index is 9.35. The van der Waals surface area contributed by atoms with Crippen molar-refractivity contribution in [1.82, 2.24) is 10.2 Å². The van der Waals surface area contributed by atoms with Gasteiger partial charge in [0.1, 0.15) is 5.75 Å². The molecule has 0 radical (unpaired) electrons. The van der Waals surface area contributed by atoms with Crippen molar-refractivity contribution >= 4 is 0 Å². The molecule has 0 aromatic heterocycles. The van der Waals surface area contributed by atoms with Crippen LogP contribution in [0.1, 0.15) is 5.56 Å². The van der Waals surface area contributed by atoms with Crippen LogP contribution in [0.4, 0.5) is 0 Å². The highest BCUT2D eigenvalue weighted by Crippen LogP contribution is 2.12. The van der Waals surface area contributed by atoms with Gasteiger partial charge >= 0.3 is 0 Å². The number of rotatable bonds is 5. The van der Waals surface area contributed by atoms with Gasteiger partial charge in [-0.2, -0.15) is 0 Å². The monoisotopic (exact) mass is 208 g/mol. The minimum atomic E-state index is 0.340. The average Bonchev–Trinajstić information content (AvgIpc) is 2.16. The molecule has 0 spiro atoms. The zero-order chi connectivity index (χ0) is 11.3. The molecule has 0 saturated carbocycles. The average molecular weight is 208 g/mol. The first-order valence-electron chi connectivity index (χ1n) is 5.21. The Balaban J connectivity index is 2.58. The van der Waals surface area contributed by atoms with Gasteiger partial charge in [0.2, 0.25) is 0 Å². The predicted molar refractivity (Wildman–Crippen MR) is 63.2 cm³/mol. The lowest BCUT2D eigenvalue weighted by molar-refractivity contribution is 0.346. The van der Waals surface area contributed by atoms with Gasteiger partial charge in [0.25, 0.3) is 0 Å². The van der Waals surface area contributed by atoms with Crippen LogP contribution in [0.25, 0.3) is 0 Å². The number of aromatic hydroxyl groups is 1. The van der Waals surface area contributed by atoms with Crippen molar-refractivity contribution in [1.29, 1.82) is 0 Å². The molecule has 15 heavy (non-hydrogen) atoms. The highest BCUT2D eigenvalue weighted by Gasteiger charge is 2.08. The Labute approximate surface area is 91.7 Å². The van der Waals surface area contributed by atoms with E-state index in [1.165, 1.54) is 0 Å². The second kappa shape index (κ2) is 5.73. The summed E-state index contributed by atoms with van der Waals surface area (Å²) in [5.74, 6) is 0.340. The number of nitrogens with zero attached hydrogens (tertiary/aromatic N) is 1. The molecule has 1 unspecified atom stereocenters.